The molecule has 1 aliphatic rings. The van der Waals surface area contributed by atoms with Crippen LogP contribution in [0.15, 0.2) is 0 Å². The molecule has 0 aromatic rings. The van der Waals surface area contributed by atoms with Crippen LogP contribution < -0.4 is 0 Å². The zero-order chi connectivity index (χ0) is 10.4. The lowest BCUT2D eigenvalue weighted by molar-refractivity contribution is 0.228. The summed E-state index contributed by atoms with van der Waals surface area (Å²) in [5.41, 5.74) is 0.527. The van der Waals surface area contributed by atoms with E-state index in [1.807, 2.05) is 11.8 Å². The van der Waals surface area contributed by atoms with Crippen molar-refractivity contribution in [3.63, 3.8) is 0 Å². The summed E-state index contributed by atoms with van der Waals surface area (Å²) in [6.07, 6.45) is 9.37. The number of hydrogen-bond acceptors (Lipinski definition) is 1. The van der Waals surface area contributed by atoms with Crippen LogP contribution in [-0.2, 0) is 0 Å². The van der Waals surface area contributed by atoms with E-state index in [2.05, 4.69) is 38.1 Å². The minimum Gasteiger partial charge on any atom is -0.165 e. The summed E-state index contributed by atoms with van der Waals surface area (Å²) in [5.74, 6) is 2.25. The van der Waals surface area contributed by atoms with E-state index in [0.29, 0.717) is 5.41 Å². The molecule has 0 amide bonds. The lowest BCUT2D eigenvalue weighted by atomic mass is 9.75. The predicted octanol–water partition coefficient (Wildman–Crippen LogP) is 4.71. The highest BCUT2D eigenvalue weighted by Crippen LogP contribution is 2.45. The minimum atomic E-state index is 0.527. The quantitative estimate of drug-likeness (QED) is 0.629. The van der Waals surface area contributed by atoms with Crippen LogP contribution in [0.4, 0.5) is 0 Å². The van der Waals surface area contributed by atoms with Crippen LogP contribution in [0.25, 0.3) is 0 Å². The fourth-order valence-corrected chi connectivity index (χ4v) is 5.45. The van der Waals surface area contributed by atoms with E-state index in [0.717, 1.165) is 16.6 Å². The zero-order valence-electron chi connectivity index (χ0n) is 8.90. The van der Waals surface area contributed by atoms with Crippen LogP contribution in [0.2, 0.25) is 0 Å². The average molecular weight is 344 g/mol. The van der Waals surface area contributed by atoms with Crippen molar-refractivity contribution in [1.29, 1.82) is 0 Å². The second kappa shape index (κ2) is 6.80. The summed E-state index contributed by atoms with van der Waals surface area (Å²) < 4.78 is 0. The van der Waals surface area contributed by atoms with Gasteiger partial charge in [0.05, 0.1) is 0 Å². The first-order valence-corrected chi connectivity index (χ1v) is 9.03. The molecule has 84 valence electrons. The molecule has 0 N–H and O–H groups in total. The maximum atomic E-state index is 3.73. The summed E-state index contributed by atoms with van der Waals surface area (Å²) in [6, 6.07) is 0. The predicted molar refractivity (Wildman–Crippen MR) is 75.0 cm³/mol. The molecule has 0 unspecified atom stereocenters. The van der Waals surface area contributed by atoms with Gasteiger partial charge < -0.3 is 0 Å². The summed E-state index contributed by atoms with van der Waals surface area (Å²) in [6.45, 7) is 0. The van der Waals surface area contributed by atoms with Crippen molar-refractivity contribution in [3.05, 3.63) is 0 Å². The zero-order valence-corrected chi connectivity index (χ0v) is 12.9. The van der Waals surface area contributed by atoms with Crippen LogP contribution in [0.1, 0.15) is 32.1 Å². The van der Waals surface area contributed by atoms with Crippen LogP contribution in [-0.4, -0.2) is 22.7 Å². The molecule has 1 saturated carbocycles. The van der Waals surface area contributed by atoms with Crippen molar-refractivity contribution >= 4 is 43.6 Å². The molecule has 0 aromatic carbocycles. The molecular weight excluding hydrogens is 324 g/mol. The van der Waals surface area contributed by atoms with Gasteiger partial charge in [0, 0.05) is 10.7 Å². The molecule has 0 aliphatic heterocycles. The summed E-state index contributed by atoms with van der Waals surface area (Å²) in [4.78, 5) is 0. The number of thioether (sulfide) groups is 1. The highest BCUT2D eigenvalue weighted by molar-refractivity contribution is 9.09. The lowest BCUT2D eigenvalue weighted by Crippen LogP contribution is -2.33. The Balaban J connectivity index is 2.57. The van der Waals surface area contributed by atoms with Gasteiger partial charge in [-0.3, -0.25) is 0 Å². The van der Waals surface area contributed by atoms with E-state index in [9.17, 15) is 0 Å². The normalized spacial score (nSPS) is 19.1. The van der Waals surface area contributed by atoms with Gasteiger partial charge in [0.2, 0.25) is 0 Å². The molecule has 0 heterocycles. The molecule has 0 atom stereocenters. The summed E-state index contributed by atoms with van der Waals surface area (Å²) in [5, 5.41) is 2.33. The van der Waals surface area contributed by atoms with E-state index in [1.54, 1.807) is 0 Å². The molecule has 0 spiro atoms. The second-order valence-electron chi connectivity index (χ2n) is 4.35. The molecule has 0 aromatic heterocycles. The molecule has 3 heteroatoms. The molecule has 14 heavy (non-hydrogen) atoms. The van der Waals surface area contributed by atoms with Crippen molar-refractivity contribution < 1.29 is 0 Å². The molecule has 0 nitrogen and oxygen atoms in total. The number of alkyl halides is 2. The van der Waals surface area contributed by atoms with Gasteiger partial charge >= 0.3 is 0 Å². The summed E-state index contributed by atoms with van der Waals surface area (Å²) >= 11 is 9.44. The Morgan fingerprint density at radius 1 is 1.21 bits per heavy atom. The standard InChI is InChI=1S/C11H20Br2S/c1-14-7-6-11(8-12,9-13)10-4-2-3-5-10/h10H,2-9H2,1H3. The third-order valence-corrected chi connectivity index (χ3v) is 6.40. The Labute approximate surface area is 109 Å². The first kappa shape index (κ1) is 13.4. The Morgan fingerprint density at radius 2 is 1.79 bits per heavy atom. The monoisotopic (exact) mass is 342 g/mol. The number of rotatable bonds is 6. The Bertz CT molecular complexity index is 151. The van der Waals surface area contributed by atoms with Gasteiger partial charge in [-0.15, -0.1) is 0 Å². The number of hydrogen-bond donors (Lipinski definition) is 0. The molecule has 1 aliphatic carbocycles. The van der Waals surface area contributed by atoms with Gasteiger partial charge in [0.25, 0.3) is 0 Å². The van der Waals surface area contributed by atoms with E-state index in [4.69, 9.17) is 0 Å². The van der Waals surface area contributed by atoms with Gasteiger partial charge in [-0.1, -0.05) is 44.7 Å². The molecule has 1 fully saturated rings. The molecule has 1 rings (SSSR count). The molecule has 0 saturated heterocycles. The van der Waals surface area contributed by atoms with Crippen LogP contribution >= 0.6 is 43.6 Å². The first-order valence-electron chi connectivity index (χ1n) is 5.40. The smallest absolute Gasteiger partial charge is 0.00989 e. The molecule has 0 bridgehead atoms. The summed E-state index contributed by atoms with van der Waals surface area (Å²) in [7, 11) is 0. The second-order valence-corrected chi connectivity index (χ2v) is 6.46. The van der Waals surface area contributed by atoms with E-state index in [1.165, 1.54) is 37.9 Å². The van der Waals surface area contributed by atoms with Gasteiger partial charge in [-0.05, 0) is 42.6 Å². The van der Waals surface area contributed by atoms with Crippen molar-refractivity contribution in [2.75, 3.05) is 22.7 Å². The Morgan fingerprint density at radius 3 is 2.21 bits per heavy atom. The van der Waals surface area contributed by atoms with Gasteiger partial charge in [0.1, 0.15) is 0 Å². The fourth-order valence-electron chi connectivity index (χ4n) is 2.44. The maximum Gasteiger partial charge on any atom is 0.00989 e. The van der Waals surface area contributed by atoms with E-state index < -0.39 is 0 Å². The third-order valence-electron chi connectivity index (χ3n) is 3.56. The maximum absolute atomic E-state index is 3.73. The highest BCUT2D eigenvalue weighted by atomic mass is 79.9. The van der Waals surface area contributed by atoms with Crippen LogP contribution in [0.5, 0.6) is 0 Å². The SMILES string of the molecule is CSCCC(CBr)(CBr)C1CCCC1. The fraction of sp³-hybridized carbons (Fsp3) is 1.00. The van der Waals surface area contributed by atoms with Crippen LogP contribution in [0, 0.1) is 11.3 Å². The average Bonchev–Trinajstić information content (AvgIpc) is 2.74. The lowest BCUT2D eigenvalue weighted by Gasteiger charge is -2.36. The Kier molecular flexibility index (Phi) is 6.50. The van der Waals surface area contributed by atoms with Crippen LogP contribution in [0.3, 0.4) is 0 Å². The molecular formula is C11H20Br2S. The Hall–Kier alpha value is 1.31. The van der Waals surface area contributed by atoms with Crippen molar-refractivity contribution in [2.45, 2.75) is 32.1 Å². The largest absolute Gasteiger partial charge is 0.165 e. The van der Waals surface area contributed by atoms with Crippen molar-refractivity contribution in [3.8, 4) is 0 Å². The van der Waals surface area contributed by atoms with Crippen molar-refractivity contribution in [1.82, 2.24) is 0 Å². The molecule has 0 radical (unpaired) electrons. The van der Waals surface area contributed by atoms with Gasteiger partial charge in [-0.25, -0.2) is 0 Å². The van der Waals surface area contributed by atoms with E-state index in [-0.39, 0.29) is 0 Å². The van der Waals surface area contributed by atoms with Crippen molar-refractivity contribution in [2.24, 2.45) is 11.3 Å². The van der Waals surface area contributed by atoms with E-state index >= 15 is 0 Å². The number of halogens is 2. The highest BCUT2D eigenvalue weighted by Gasteiger charge is 2.37. The topological polar surface area (TPSA) is 0 Å². The van der Waals surface area contributed by atoms with Gasteiger partial charge in [0.15, 0.2) is 0 Å². The van der Waals surface area contributed by atoms with Gasteiger partial charge in [-0.2, -0.15) is 11.8 Å². The first-order chi connectivity index (χ1) is 6.79. The third kappa shape index (κ3) is 3.15. The minimum absolute atomic E-state index is 0.527.